The van der Waals surface area contributed by atoms with E-state index in [1.165, 1.54) is 0 Å². The fourth-order valence-electron chi connectivity index (χ4n) is 1.10. The van der Waals surface area contributed by atoms with E-state index in [0.29, 0.717) is 5.92 Å². The summed E-state index contributed by atoms with van der Waals surface area (Å²) < 4.78 is 0.905. The second kappa shape index (κ2) is 4.45. The summed E-state index contributed by atoms with van der Waals surface area (Å²) in [5, 5.41) is 0.722. The van der Waals surface area contributed by atoms with Gasteiger partial charge in [-0.3, -0.25) is 0 Å². The summed E-state index contributed by atoms with van der Waals surface area (Å²) in [6.45, 7) is 4.21. The highest BCUT2D eigenvalue weighted by molar-refractivity contribution is 9.10. The summed E-state index contributed by atoms with van der Waals surface area (Å²) in [6, 6.07) is 5.89. The zero-order valence-corrected chi connectivity index (χ0v) is 10.1. The van der Waals surface area contributed by atoms with Crippen molar-refractivity contribution in [3.8, 4) is 0 Å². The Kier molecular flexibility index (Phi) is 3.77. The molecule has 0 saturated carbocycles. The van der Waals surface area contributed by atoms with Crippen LogP contribution in [0.2, 0.25) is 5.02 Å². The minimum Gasteiger partial charge on any atom is -0.324 e. The highest BCUT2D eigenvalue weighted by Gasteiger charge is 2.11. The molecule has 1 rings (SSSR count). The summed E-state index contributed by atoms with van der Waals surface area (Å²) in [5.74, 6) is 0.438. The molecule has 1 aromatic carbocycles. The molecule has 0 aromatic heterocycles. The molecule has 72 valence electrons. The normalized spacial score (nSPS) is 13.4. The van der Waals surface area contributed by atoms with E-state index in [-0.39, 0.29) is 6.04 Å². The molecule has 0 bridgehead atoms. The van der Waals surface area contributed by atoms with Crippen LogP contribution in [0.5, 0.6) is 0 Å². The number of rotatable bonds is 2. The molecule has 1 unspecified atom stereocenters. The lowest BCUT2D eigenvalue weighted by Crippen LogP contribution is -2.16. The van der Waals surface area contributed by atoms with E-state index in [4.69, 9.17) is 17.3 Å². The Hall–Kier alpha value is -0.0500. The second-order valence-corrected chi connectivity index (χ2v) is 4.70. The van der Waals surface area contributed by atoms with Gasteiger partial charge in [-0.2, -0.15) is 0 Å². The van der Waals surface area contributed by atoms with Crippen molar-refractivity contribution >= 4 is 27.5 Å². The monoisotopic (exact) mass is 261 g/mol. The summed E-state index contributed by atoms with van der Waals surface area (Å²) in [7, 11) is 0. The minimum atomic E-state index is 0.0774. The number of hydrogen-bond donors (Lipinski definition) is 1. The fraction of sp³-hybridized carbons (Fsp3) is 0.400. The SMILES string of the molecule is CC(C)C(N)c1ccc(Cl)c(Br)c1. The van der Waals surface area contributed by atoms with Gasteiger partial charge in [-0.15, -0.1) is 0 Å². The van der Waals surface area contributed by atoms with Gasteiger partial charge >= 0.3 is 0 Å². The number of benzene rings is 1. The van der Waals surface area contributed by atoms with Crippen molar-refractivity contribution in [2.45, 2.75) is 19.9 Å². The van der Waals surface area contributed by atoms with Crippen LogP contribution in [0, 0.1) is 5.92 Å². The van der Waals surface area contributed by atoms with Gasteiger partial charge in [-0.05, 0) is 39.5 Å². The Bertz CT molecular complexity index is 299. The van der Waals surface area contributed by atoms with Crippen LogP contribution in [-0.2, 0) is 0 Å². The van der Waals surface area contributed by atoms with E-state index in [9.17, 15) is 0 Å². The standard InChI is InChI=1S/C10H13BrClN/c1-6(2)10(13)7-3-4-9(12)8(11)5-7/h3-6,10H,13H2,1-2H3. The lowest BCUT2D eigenvalue weighted by Gasteiger charge is -2.16. The Balaban J connectivity index is 2.97. The van der Waals surface area contributed by atoms with Crippen molar-refractivity contribution in [1.29, 1.82) is 0 Å². The maximum Gasteiger partial charge on any atom is 0.0548 e. The maximum absolute atomic E-state index is 5.99. The Morgan fingerprint density at radius 2 is 2.00 bits per heavy atom. The average Bonchev–Trinajstić information content (AvgIpc) is 2.08. The zero-order chi connectivity index (χ0) is 10.0. The van der Waals surface area contributed by atoms with Gasteiger partial charge in [0.15, 0.2) is 0 Å². The summed E-state index contributed by atoms with van der Waals surface area (Å²) >= 11 is 9.25. The quantitative estimate of drug-likeness (QED) is 0.863. The molecule has 0 saturated heterocycles. The molecular weight excluding hydrogens is 249 g/mol. The molecule has 0 radical (unpaired) electrons. The highest BCUT2D eigenvalue weighted by Crippen LogP contribution is 2.27. The molecule has 1 aromatic rings. The van der Waals surface area contributed by atoms with Crippen LogP contribution < -0.4 is 5.73 Å². The third-order valence-corrected chi connectivity index (χ3v) is 3.26. The van der Waals surface area contributed by atoms with Gasteiger partial charge in [0.25, 0.3) is 0 Å². The predicted molar refractivity (Wildman–Crippen MR) is 60.9 cm³/mol. The Labute approximate surface area is 92.4 Å². The Morgan fingerprint density at radius 3 is 2.46 bits per heavy atom. The molecule has 0 fully saturated rings. The largest absolute Gasteiger partial charge is 0.324 e. The maximum atomic E-state index is 5.99. The molecule has 0 spiro atoms. The molecule has 0 aliphatic heterocycles. The van der Waals surface area contributed by atoms with Crippen molar-refractivity contribution in [3.05, 3.63) is 33.3 Å². The van der Waals surface area contributed by atoms with Crippen LogP contribution in [0.4, 0.5) is 0 Å². The molecule has 0 aliphatic carbocycles. The summed E-state index contributed by atoms with van der Waals surface area (Å²) in [4.78, 5) is 0. The van der Waals surface area contributed by atoms with E-state index >= 15 is 0 Å². The van der Waals surface area contributed by atoms with E-state index in [0.717, 1.165) is 15.1 Å². The van der Waals surface area contributed by atoms with Crippen LogP contribution in [-0.4, -0.2) is 0 Å². The van der Waals surface area contributed by atoms with Gasteiger partial charge < -0.3 is 5.73 Å². The van der Waals surface area contributed by atoms with Gasteiger partial charge in [0.1, 0.15) is 0 Å². The molecule has 13 heavy (non-hydrogen) atoms. The molecule has 2 N–H and O–H groups in total. The topological polar surface area (TPSA) is 26.0 Å². The van der Waals surface area contributed by atoms with Crippen molar-refractivity contribution in [2.24, 2.45) is 11.7 Å². The van der Waals surface area contributed by atoms with E-state index < -0.39 is 0 Å². The fourth-order valence-corrected chi connectivity index (χ4v) is 1.62. The molecule has 0 heterocycles. The first-order chi connectivity index (χ1) is 6.02. The first-order valence-corrected chi connectivity index (χ1v) is 5.40. The van der Waals surface area contributed by atoms with E-state index in [1.807, 2.05) is 18.2 Å². The minimum absolute atomic E-state index is 0.0774. The van der Waals surface area contributed by atoms with Crippen LogP contribution in [0.15, 0.2) is 22.7 Å². The molecule has 0 amide bonds. The number of nitrogens with two attached hydrogens (primary N) is 1. The third kappa shape index (κ3) is 2.70. The average molecular weight is 263 g/mol. The zero-order valence-electron chi connectivity index (χ0n) is 7.72. The smallest absolute Gasteiger partial charge is 0.0548 e. The van der Waals surface area contributed by atoms with Crippen molar-refractivity contribution in [3.63, 3.8) is 0 Å². The van der Waals surface area contributed by atoms with Gasteiger partial charge in [0, 0.05) is 10.5 Å². The van der Waals surface area contributed by atoms with Crippen molar-refractivity contribution < 1.29 is 0 Å². The van der Waals surface area contributed by atoms with Crippen LogP contribution in [0.25, 0.3) is 0 Å². The summed E-state index contributed by atoms with van der Waals surface area (Å²) in [5.41, 5.74) is 7.11. The lowest BCUT2D eigenvalue weighted by molar-refractivity contribution is 0.514. The van der Waals surface area contributed by atoms with Crippen LogP contribution in [0.1, 0.15) is 25.5 Å². The Morgan fingerprint density at radius 1 is 1.38 bits per heavy atom. The van der Waals surface area contributed by atoms with E-state index in [1.54, 1.807) is 0 Å². The van der Waals surface area contributed by atoms with Gasteiger partial charge in [-0.1, -0.05) is 31.5 Å². The number of hydrogen-bond acceptors (Lipinski definition) is 1. The van der Waals surface area contributed by atoms with Crippen LogP contribution >= 0.6 is 27.5 Å². The van der Waals surface area contributed by atoms with E-state index in [2.05, 4.69) is 29.8 Å². The number of halogens is 2. The van der Waals surface area contributed by atoms with Gasteiger partial charge in [0.05, 0.1) is 5.02 Å². The van der Waals surface area contributed by atoms with Gasteiger partial charge in [0.2, 0.25) is 0 Å². The second-order valence-electron chi connectivity index (χ2n) is 3.44. The van der Waals surface area contributed by atoms with Gasteiger partial charge in [-0.25, -0.2) is 0 Å². The van der Waals surface area contributed by atoms with Crippen molar-refractivity contribution in [2.75, 3.05) is 0 Å². The summed E-state index contributed by atoms with van der Waals surface area (Å²) in [6.07, 6.45) is 0. The molecule has 3 heteroatoms. The highest BCUT2D eigenvalue weighted by atomic mass is 79.9. The molecule has 1 nitrogen and oxygen atoms in total. The van der Waals surface area contributed by atoms with Crippen molar-refractivity contribution in [1.82, 2.24) is 0 Å². The predicted octanol–water partition coefficient (Wildman–Crippen LogP) is 3.76. The first kappa shape index (κ1) is 11.0. The third-order valence-electron chi connectivity index (χ3n) is 2.05. The van der Waals surface area contributed by atoms with Crippen LogP contribution in [0.3, 0.4) is 0 Å². The lowest BCUT2D eigenvalue weighted by atomic mass is 9.97. The molecule has 1 atom stereocenters. The first-order valence-electron chi connectivity index (χ1n) is 4.23. The molecule has 0 aliphatic rings. The molecular formula is C10H13BrClN.